The fourth-order valence-corrected chi connectivity index (χ4v) is 3.33. The Hall–Kier alpha value is -2.88. The molecule has 2 aromatic rings. The zero-order chi connectivity index (χ0) is 20.3. The summed E-state index contributed by atoms with van der Waals surface area (Å²) in [5, 5.41) is 12.6. The summed E-state index contributed by atoms with van der Waals surface area (Å²) in [6, 6.07) is 10.1. The molecule has 1 heterocycles. The Kier molecular flexibility index (Phi) is 5.98. The molecule has 1 aliphatic heterocycles. The van der Waals surface area contributed by atoms with Gasteiger partial charge in [-0.2, -0.15) is 0 Å². The van der Waals surface area contributed by atoms with Gasteiger partial charge in [0.1, 0.15) is 6.61 Å². The number of hydrogen-bond acceptors (Lipinski definition) is 6. The van der Waals surface area contributed by atoms with Crippen molar-refractivity contribution in [2.24, 2.45) is 5.16 Å². The second-order valence-electron chi connectivity index (χ2n) is 5.94. The van der Waals surface area contributed by atoms with Gasteiger partial charge in [0.15, 0.2) is 11.5 Å². The number of carboxylic acids is 1. The Labute approximate surface area is 174 Å². The minimum atomic E-state index is -0.972. The van der Waals surface area contributed by atoms with Crippen LogP contribution in [0.4, 0.5) is 0 Å². The summed E-state index contributed by atoms with van der Waals surface area (Å²) in [6.45, 7) is 1.96. The minimum absolute atomic E-state index is 0.220. The van der Waals surface area contributed by atoms with E-state index < -0.39 is 11.9 Å². The lowest BCUT2D eigenvalue weighted by atomic mass is 10.1. The monoisotopic (exact) mass is 493 g/mol. The number of ether oxygens (including phenoxy) is 2. The molecule has 0 spiro atoms. The molecule has 0 bridgehead atoms. The van der Waals surface area contributed by atoms with Crippen molar-refractivity contribution in [1.82, 2.24) is 0 Å². The van der Waals surface area contributed by atoms with Crippen LogP contribution in [0.3, 0.4) is 0 Å². The summed E-state index contributed by atoms with van der Waals surface area (Å²) in [4.78, 5) is 27.3. The molecular weight excluding hydrogens is 477 g/mol. The maximum Gasteiger partial charge on any atom is 0.367 e. The Morgan fingerprint density at radius 2 is 2.00 bits per heavy atom. The lowest BCUT2D eigenvalue weighted by molar-refractivity contribution is -0.136. The first-order valence-electron chi connectivity index (χ1n) is 8.19. The van der Waals surface area contributed by atoms with Crippen LogP contribution < -0.4 is 9.47 Å². The molecule has 0 saturated carbocycles. The van der Waals surface area contributed by atoms with Crippen LogP contribution in [0, 0.1) is 3.57 Å². The van der Waals surface area contributed by atoms with Crippen LogP contribution in [0.1, 0.15) is 28.4 Å². The summed E-state index contributed by atoms with van der Waals surface area (Å²) in [7, 11) is 1.54. The molecule has 0 saturated heterocycles. The van der Waals surface area contributed by atoms with E-state index in [0.717, 1.165) is 14.7 Å². The Balaban J connectivity index is 1.82. The van der Waals surface area contributed by atoms with E-state index in [1.54, 1.807) is 31.2 Å². The summed E-state index contributed by atoms with van der Waals surface area (Å²) < 4.78 is 12.1. The first-order chi connectivity index (χ1) is 13.4. The van der Waals surface area contributed by atoms with Gasteiger partial charge in [-0.05, 0) is 71.0 Å². The highest BCUT2D eigenvalue weighted by Gasteiger charge is 2.22. The van der Waals surface area contributed by atoms with Crippen LogP contribution in [0.25, 0.3) is 6.08 Å². The summed E-state index contributed by atoms with van der Waals surface area (Å²) in [5.41, 5.74) is 2.71. The number of carbonyl (C=O) groups is 2. The normalized spacial score (nSPS) is 14.6. The Morgan fingerprint density at radius 1 is 1.29 bits per heavy atom. The summed E-state index contributed by atoms with van der Waals surface area (Å²) in [6.07, 6.45) is 1.69. The number of methoxy groups -OCH3 is 1. The molecule has 8 heteroatoms. The lowest BCUT2D eigenvalue weighted by Crippen LogP contribution is -2.03. The van der Waals surface area contributed by atoms with Crippen LogP contribution in [0.2, 0.25) is 0 Å². The van der Waals surface area contributed by atoms with Gasteiger partial charge < -0.3 is 19.4 Å². The maximum atomic E-state index is 11.7. The average Bonchev–Trinajstić information content (AvgIpc) is 2.99. The van der Waals surface area contributed by atoms with Crippen molar-refractivity contribution in [2.75, 3.05) is 7.11 Å². The number of benzene rings is 2. The van der Waals surface area contributed by atoms with E-state index in [0.29, 0.717) is 22.8 Å². The predicted molar refractivity (Wildman–Crippen MR) is 111 cm³/mol. The second-order valence-corrected chi connectivity index (χ2v) is 7.10. The number of aromatic carboxylic acids is 1. The molecule has 3 rings (SSSR count). The molecule has 7 nitrogen and oxygen atoms in total. The average molecular weight is 493 g/mol. The summed E-state index contributed by atoms with van der Waals surface area (Å²) in [5.74, 6) is -0.384. The third-order valence-electron chi connectivity index (χ3n) is 4.02. The molecule has 1 N–H and O–H groups in total. The van der Waals surface area contributed by atoms with Gasteiger partial charge >= 0.3 is 11.9 Å². The minimum Gasteiger partial charge on any atom is -0.493 e. The van der Waals surface area contributed by atoms with Gasteiger partial charge in [-0.3, -0.25) is 0 Å². The van der Waals surface area contributed by atoms with E-state index in [9.17, 15) is 9.59 Å². The maximum absolute atomic E-state index is 11.7. The topological polar surface area (TPSA) is 94.4 Å². The Morgan fingerprint density at radius 3 is 2.57 bits per heavy atom. The van der Waals surface area contributed by atoms with Crippen molar-refractivity contribution >= 4 is 46.3 Å². The van der Waals surface area contributed by atoms with Gasteiger partial charge in [0.2, 0.25) is 0 Å². The zero-order valence-electron chi connectivity index (χ0n) is 15.1. The molecule has 0 atom stereocenters. The highest BCUT2D eigenvalue weighted by Crippen LogP contribution is 2.35. The third kappa shape index (κ3) is 4.33. The predicted octanol–water partition coefficient (Wildman–Crippen LogP) is 3.89. The van der Waals surface area contributed by atoms with Gasteiger partial charge in [0.05, 0.1) is 27.5 Å². The van der Waals surface area contributed by atoms with Gasteiger partial charge in [-0.25, -0.2) is 9.59 Å². The second kappa shape index (κ2) is 8.42. The number of carboxylic acid groups (broad SMARTS) is 1. The van der Waals surface area contributed by atoms with E-state index in [4.69, 9.17) is 14.6 Å². The first-order valence-corrected chi connectivity index (χ1v) is 9.27. The van der Waals surface area contributed by atoms with E-state index >= 15 is 0 Å². The molecule has 0 unspecified atom stereocenters. The van der Waals surface area contributed by atoms with Crippen molar-refractivity contribution < 1.29 is 29.0 Å². The lowest BCUT2D eigenvalue weighted by Gasteiger charge is -2.14. The fourth-order valence-electron chi connectivity index (χ4n) is 2.55. The molecule has 144 valence electrons. The van der Waals surface area contributed by atoms with Crippen LogP contribution in [0.5, 0.6) is 11.5 Å². The fraction of sp³-hybridized carbons (Fsp3) is 0.150. The quantitative estimate of drug-likeness (QED) is 0.373. The van der Waals surface area contributed by atoms with Crippen LogP contribution in [-0.2, 0) is 16.2 Å². The van der Waals surface area contributed by atoms with Gasteiger partial charge in [-0.15, -0.1) is 0 Å². The highest BCUT2D eigenvalue weighted by molar-refractivity contribution is 14.1. The van der Waals surface area contributed by atoms with Crippen molar-refractivity contribution in [2.45, 2.75) is 13.5 Å². The third-order valence-corrected chi connectivity index (χ3v) is 4.82. The standard InChI is InChI=1S/C20H16INO6/c1-11-15(20(25)28-22-11)7-13-8-16(21)18(17(9-13)26-2)27-10-12-3-5-14(6-4-12)19(23)24/h3-9H,10H2,1-2H3,(H,23,24)/b15-7-. The molecule has 2 aromatic carbocycles. The molecule has 0 aliphatic carbocycles. The van der Waals surface area contributed by atoms with E-state index in [2.05, 4.69) is 32.6 Å². The molecule has 0 amide bonds. The zero-order valence-corrected chi connectivity index (χ0v) is 17.2. The number of rotatable bonds is 6. The summed E-state index contributed by atoms with van der Waals surface area (Å²) >= 11 is 2.13. The number of nitrogens with zero attached hydrogens (tertiary/aromatic N) is 1. The smallest absolute Gasteiger partial charge is 0.367 e. The first kappa shape index (κ1) is 19.9. The van der Waals surface area contributed by atoms with Crippen LogP contribution >= 0.6 is 22.6 Å². The van der Waals surface area contributed by atoms with Crippen molar-refractivity contribution in [3.63, 3.8) is 0 Å². The molecular formula is C20H16INO6. The number of carbonyl (C=O) groups excluding carboxylic acids is 1. The molecule has 0 aromatic heterocycles. The van der Waals surface area contributed by atoms with Crippen LogP contribution in [-0.4, -0.2) is 29.9 Å². The van der Waals surface area contributed by atoms with Gasteiger partial charge in [0.25, 0.3) is 0 Å². The van der Waals surface area contributed by atoms with Crippen LogP contribution in [0.15, 0.2) is 47.1 Å². The van der Waals surface area contributed by atoms with E-state index in [-0.39, 0.29) is 12.2 Å². The SMILES string of the molecule is COc1cc(/C=C2\C(=O)ON=C2C)cc(I)c1OCc1ccc(C(=O)O)cc1. The number of oxime groups is 1. The Bertz CT molecular complexity index is 995. The number of hydrogen-bond donors (Lipinski definition) is 1. The number of halogens is 1. The van der Waals surface area contributed by atoms with E-state index in [1.165, 1.54) is 19.2 Å². The van der Waals surface area contributed by atoms with Crippen molar-refractivity contribution in [3.05, 3.63) is 62.2 Å². The highest BCUT2D eigenvalue weighted by atomic mass is 127. The molecule has 1 aliphatic rings. The van der Waals surface area contributed by atoms with Gasteiger partial charge in [0, 0.05) is 0 Å². The molecule has 28 heavy (non-hydrogen) atoms. The van der Waals surface area contributed by atoms with Crippen molar-refractivity contribution in [3.8, 4) is 11.5 Å². The van der Waals surface area contributed by atoms with Crippen molar-refractivity contribution in [1.29, 1.82) is 0 Å². The molecule has 0 radical (unpaired) electrons. The largest absolute Gasteiger partial charge is 0.493 e. The van der Waals surface area contributed by atoms with Gasteiger partial charge in [-0.1, -0.05) is 17.3 Å². The van der Waals surface area contributed by atoms with E-state index in [1.807, 2.05) is 6.07 Å². The molecule has 0 fully saturated rings.